The molecule has 2 aromatic rings. The molecule has 0 aliphatic carbocycles. The smallest absolute Gasteiger partial charge is 0.191 e. The highest BCUT2D eigenvalue weighted by molar-refractivity contribution is 14.0. The van der Waals surface area contributed by atoms with Crippen molar-refractivity contribution in [2.75, 3.05) is 6.54 Å². The Labute approximate surface area is 147 Å². The molecule has 0 spiro atoms. The summed E-state index contributed by atoms with van der Waals surface area (Å²) in [5.74, 6) is 0.863. The van der Waals surface area contributed by atoms with E-state index in [9.17, 15) is 0 Å². The highest BCUT2D eigenvalue weighted by Crippen LogP contribution is 2.08. The molecule has 0 saturated heterocycles. The normalized spacial score (nSPS) is 10.9. The molecule has 21 heavy (non-hydrogen) atoms. The second kappa shape index (κ2) is 9.78. The Morgan fingerprint density at radius 2 is 2.00 bits per heavy atom. The molecule has 0 aliphatic heterocycles. The third kappa shape index (κ3) is 6.05. The molecule has 114 valence electrons. The number of nitrogens with one attached hydrogen (secondary N) is 2. The fourth-order valence-electron chi connectivity index (χ4n) is 1.88. The van der Waals surface area contributed by atoms with Crippen LogP contribution in [-0.4, -0.2) is 12.5 Å². The minimum Gasteiger partial charge on any atom is -0.357 e. The molecule has 0 amide bonds. The Balaban J connectivity index is 0.00000220. The van der Waals surface area contributed by atoms with Crippen LogP contribution in [0, 0.1) is 6.92 Å². The van der Waals surface area contributed by atoms with Gasteiger partial charge in [-0.15, -0.1) is 24.0 Å². The van der Waals surface area contributed by atoms with Crippen molar-refractivity contribution < 1.29 is 0 Å². The fourth-order valence-corrected chi connectivity index (χ4v) is 2.54. The molecule has 5 heteroatoms. The van der Waals surface area contributed by atoms with E-state index in [-0.39, 0.29) is 24.0 Å². The van der Waals surface area contributed by atoms with Gasteiger partial charge in [0.25, 0.3) is 0 Å². The van der Waals surface area contributed by atoms with Gasteiger partial charge in [-0.05, 0) is 47.4 Å². The summed E-state index contributed by atoms with van der Waals surface area (Å²) in [6.45, 7) is 6.58. The Hall–Kier alpha value is -1.08. The SMILES string of the molecule is CCNC(=NCc1ccsc1)NCc1ccccc1C.I. The number of hydrogen-bond acceptors (Lipinski definition) is 2. The molecule has 2 N–H and O–H groups in total. The van der Waals surface area contributed by atoms with Crippen LogP contribution in [0.5, 0.6) is 0 Å². The molecular formula is C16H22IN3S. The van der Waals surface area contributed by atoms with Crippen molar-refractivity contribution in [3.63, 3.8) is 0 Å². The first-order valence-electron chi connectivity index (χ1n) is 6.87. The summed E-state index contributed by atoms with van der Waals surface area (Å²) in [5, 5.41) is 10.9. The summed E-state index contributed by atoms with van der Waals surface area (Å²) in [5.41, 5.74) is 3.85. The predicted octanol–water partition coefficient (Wildman–Crippen LogP) is 3.93. The molecule has 0 aliphatic rings. The maximum absolute atomic E-state index is 4.60. The lowest BCUT2D eigenvalue weighted by atomic mass is 10.1. The molecule has 0 bridgehead atoms. The van der Waals surface area contributed by atoms with Crippen LogP contribution in [0.3, 0.4) is 0 Å². The highest BCUT2D eigenvalue weighted by atomic mass is 127. The third-order valence-corrected chi connectivity index (χ3v) is 3.78. The van der Waals surface area contributed by atoms with Crippen molar-refractivity contribution in [3.05, 3.63) is 57.8 Å². The predicted molar refractivity (Wildman–Crippen MR) is 103 cm³/mol. The van der Waals surface area contributed by atoms with E-state index in [1.807, 2.05) is 0 Å². The van der Waals surface area contributed by atoms with Crippen LogP contribution in [0.15, 0.2) is 46.1 Å². The van der Waals surface area contributed by atoms with E-state index in [1.165, 1.54) is 16.7 Å². The molecule has 0 atom stereocenters. The number of aliphatic imine (C=N–C) groups is 1. The van der Waals surface area contributed by atoms with Gasteiger partial charge < -0.3 is 10.6 Å². The van der Waals surface area contributed by atoms with Gasteiger partial charge in [-0.2, -0.15) is 11.3 Å². The Kier molecular flexibility index (Phi) is 8.37. The van der Waals surface area contributed by atoms with Crippen molar-refractivity contribution in [2.24, 2.45) is 4.99 Å². The molecule has 2 rings (SSSR count). The summed E-state index contributed by atoms with van der Waals surface area (Å²) >= 11 is 1.71. The molecule has 0 unspecified atom stereocenters. The zero-order valence-electron chi connectivity index (χ0n) is 12.4. The van der Waals surface area contributed by atoms with Gasteiger partial charge in [-0.1, -0.05) is 24.3 Å². The summed E-state index contributed by atoms with van der Waals surface area (Å²) in [6, 6.07) is 10.5. The number of halogens is 1. The molecule has 1 heterocycles. The quantitative estimate of drug-likeness (QED) is 0.441. The topological polar surface area (TPSA) is 36.4 Å². The molecule has 0 saturated carbocycles. The number of rotatable bonds is 5. The zero-order valence-corrected chi connectivity index (χ0v) is 15.6. The van der Waals surface area contributed by atoms with Crippen LogP contribution in [0.4, 0.5) is 0 Å². The van der Waals surface area contributed by atoms with Crippen molar-refractivity contribution in [1.82, 2.24) is 10.6 Å². The van der Waals surface area contributed by atoms with Crippen molar-refractivity contribution >= 4 is 41.3 Å². The van der Waals surface area contributed by atoms with Gasteiger partial charge in [-0.3, -0.25) is 0 Å². The molecule has 3 nitrogen and oxygen atoms in total. The van der Waals surface area contributed by atoms with Crippen LogP contribution in [0.1, 0.15) is 23.6 Å². The van der Waals surface area contributed by atoms with Crippen LogP contribution in [0.25, 0.3) is 0 Å². The number of aryl methyl sites for hydroxylation is 1. The van der Waals surface area contributed by atoms with Crippen molar-refractivity contribution in [3.8, 4) is 0 Å². The summed E-state index contributed by atoms with van der Waals surface area (Å²) < 4.78 is 0. The number of thiophene rings is 1. The molecule has 0 radical (unpaired) electrons. The Morgan fingerprint density at radius 1 is 1.19 bits per heavy atom. The van der Waals surface area contributed by atoms with Gasteiger partial charge in [0.2, 0.25) is 0 Å². The van der Waals surface area contributed by atoms with Gasteiger partial charge in [0.1, 0.15) is 0 Å². The lowest BCUT2D eigenvalue weighted by Gasteiger charge is -2.12. The maximum Gasteiger partial charge on any atom is 0.191 e. The number of hydrogen-bond donors (Lipinski definition) is 2. The van der Waals surface area contributed by atoms with Crippen LogP contribution < -0.4 is 10.6 Å². The number of benzene rings is 1. The van der Waals surface area contributed by atoms with Gasteiger partial charge in [0, 0.05) is 13.1 Å². The lowest BCUT2D eigenvalue weighted by Crippen LogP contribution is -2.36. The second-order valence-electron chi connectivity index (χ2n) is 4.61. The van der Waals surface area contributed by atoms with E-state index in [0.717, 1.165) is 19.0 Å². The first-order valence-corrected chi connectivity index (χ1v) is 7.81. The molecular weight excluding hydrogens is 393 g/mol. The Morgan fingerprint density at radius 3 is 2.67 bits per heavy atom. The van der Waals surface area contributed by atoms with Gasteiger partial charge in [0.05, 0.1) is 6.54 Å². The van der Waals surface area contributed by atoms with Crippen molar-refractivity contribution in [1.29, 1.82) is 0 Å². The van der Waals surface area contributed by atoms with Crippen molar-refractivity contribution in [2.45, 2.75) is 26.9 Å². The fraction of sp³-hybridized carbons (Fsp3) is 0.312. The van der Waals surface area contributed by atoms with Gasteiger partial charge >= 0.3 is 0 Å². The molecule has 0 fully saturated rings. The van der Waals surface area contributed by atoms with Gasteiger partial charge in [0.15, 0.2) is 5.96 Å². The average Bonchev–Trinajstić information content (AvgIpc) is 2.97. The van der Waals surface area contributed by atoms with E-state index in [0.29, 0.717) is 6.54 Å². The zero-order chi connectivity index (χ0) is 14.2. The summed E-state index contributed by atoms with van der Waals surface area (Å²) in [7, 11) is 0. The van der Waals surface area contributed by atoms with E-state index in [4.69, 9.17) is 0 Å². The minimum absolute atomic E-state index is 0. The second-order valence-corrected chi connectivity index (χ2v) is 5.39. The van der Waals surface area contributed by atoms with E-state index < -0.39 is 0 Å². The molecule has 1 aromatic carbocycles. The van der Waals surface area contributed by atoms with Crippen LogP contribution >= 0.6 is 35.3 Å². The summed E-state index contributed by atoms with van der Waals surface area (Å²) in [6.07, 6.45) is 0. The monoisotopic (exact) mass is 415 g/mol. The first kappa shape index (κ1) is 18.0. The number of guanidine groups is 1. The van der Waals surface area contributed by atoms with E-state index >= 15 is 0 Å². The first-order chi connectivity index (χ1) is 9.79. The maximum atomic E-state index is 4.60. The Bertz CT molecular complexity index is 552. The summed E-state index contributed by atoms with van der Waals surface area (Å²) in [4.78, 5) is 4.60. The largest absolute Gasteiger partial charge is 0.357 e. The number of nitrogens with zero attached hydrogens (tertiary/aromatic N) is 1. The van der Waals surface area contributed by atoms with Crippen LogP contribution in [-0.2, 0) is 13.1 Å². The third-order valence-electron chi connectivity index (χ3n) is 3.05. The average molecular weight is 415 g/mol. The van der Waals surface area contributed by atoms with E-state index in [1.54, 1.807) is 11.3 Å². The lowest BCUT2D eigenvalue weighted by molar-refractivity contribution is 0.813. The van der Waals surface area contributed by atoms with Gasteiger partial charge in [-0.25, -0.2) is 4.99 Å². The highest BCUT2D eigenvalue weighted by Gasteiger charge is 2.00. The van der Waals surface area contributed by atoms with E-state index in [2.05, 4.69) is 70.6 Å². The molecule has 1 aromatic heterocycles. The minimum atomic E-state index is 0. The standard InChI is InChI=1S/C16H21N3S.HI/c1-3-17-16(18-10-14-8-9-20-12-14)19-11-15-7-5-4-6-13(15)2;/h4-9,12H,3,10-11H2,1-2H3,(H2,17,18,19);1H. The van der Waals surface area contributed by atoms with Crippen LogP contribution in [0.2, 0.25) is 0 Å².